The van der Waals surface area contributed by atoms with Gasteiger partial charge in [-0.25, -0.2) is 0 Å². The van der Waals surface area contributed by atoms with E-state index in [4.69, 9.17) is 5.11 Å². The van der Waals surface area contributed by atoms with E-state index >= 15 is 0 Å². The third-order valence-corrected chi connectivity index (χ3v) is 4.43. The second-order valence-electron chi connectivity index (χ2n) is 5.43. The average Bonchev–Trinajstić information content (AvgIpc) is 2.73. The number of hydrogen-bond acceptors (Lipinski definition) is 3. The van der Waals surface area contributed by atoms with Gasteiger partial charge >= 0.3 is 5.97 Å². The molecule has 1 aromatic rings. The highest BCUT2D eigenvalue weighted by Crippen LogP contribution is 2.51. The summed E-state index contributed by atoms with van der Waals surface area (Å²) >= 11 is 0. The summed E-state index contributed by atoms with van der Waals surface area (Å²) in [6, 6.07) is 0. The molecule has 3 rings (SSSR count). The number of nitrogens with one attached hydrogen (secondary N) is 1. The molecule has 1 aliphatic carbocycles. The Kier molecular flexibility index (Phi) is 2.62. The maximum absolute atomic E-state index is 12.3. The first-order valence-electron chi connectivity index (χ1n) is 6.60. The first-order chi connectivity index (χ1) is 9.04. The third kappa shape index (κ3) is 1.74. The zero-order chi connectivity index (χ0) is 13.7. The van der Waals surface area contributed by atoms with E-state index in [0.29, 0.717) is 18.8 Å². The van der Waals surface area contributed by atoms with Gasteiger partial charge in [0.15, 0.2) is 5.69 Å². The molecule has 102 valence electrons. The molecule has 1 saturated heterocycles. The molecule has 6 nitrogen and oxygen atoms in total. The number of fused-ring (bicyclic) bond motifs is 1. The maximum atomic E-state index is 12.3. The van der Waals surface area contributed by atoms with Crippen LogP contribution in [0.25, 0.3) is 0 Å². The lowest BCUT2D eigenvalue weighted by atomic mass is 10.1. The second-order valence-corrected chi connectivity index (χ2v) is 5.43. The highest BCUT2D eigenvalue weighted by Gasteiger charge is 2.60. The Morgan fingerprint density at radius 1 is 1.42 bits per heavy atom. The van der Waals surface area contributed by atoms with E-state index in [9.17, 15) is 9.59 Å². The fourth-order valence-corrected chi connectivity index (χ4v) is 3.19. The Bertz CT molecular complexity index is 539. The number of piperidine rings is 1. The van der Waals surface area contributed by atoms with Gasteiger partial charge < -0.3 is 10.0 Å². The molecule has 1 saturated carbocycles. The van der Waals surface area contributed by atoms with Crippen LogP contribution in [0.15, 0.2) is 0 Å². The monoisotopic (exact) mass is 263 g/mol. The van der Waals surface area contributed by atoms with E-state index in [1.54, 1.807) is 4.90 Å². The molecule has 2 N–H and O–H groups in total. The van der Waals surface area contributed by atoms with Crippen molar-refractivity contribution in [2.75, 3.05) is 13.1 Å². The molecule has 0 spiro atoms. The first-order valence-corrected chi connectivity index (χ1v) is 6.60. The maximum Gasteiger partial charge on any atom is 0.307 e. The Labute approximate surface area is 110 Å². The summed E-state index contributed by atoms with van der Waals surface area (Å²) in [5.41, 5.74) is 2.36. The topological polar surface area (TPSA) is 86.3 Å². The normalized spacial score (nSPS) is 28.3. The molecule has 0 bridgehead atoms. The van der Waals surface area contributed by atoms with Gasteiger partial charge in [-0.05, 0) is 25.2 Å². The number of carbonyl (C=O) groups is 2. The highest BCUT2D eigenvalue weighted by atomic mass is 16.4. The van der Waals surface area contributed by atoms with Gasteiger partial charge in [-0.15, -0.1) is 0 Å². The molecule has 2 aliphatic rings. The number of H-pyrrole nitrogens is 1. The molecule has 1 aromatic heterocycles. The van der Waals surface area contributed by atoms with Crippen LogP contribution in [-0.2, 0) is 11.2 Å². The highest BCUT2D eigenvalue weighted by molar-refractivity contribution is 5.94. The number of carbonyl (C=O) groups excluding carboxylic acids is 1. The van der Waals surface area contributed by atoms with Crippen molar-refractivity contribution in [3.63, 3.8) is 0 Å². The Balaban J connectivity index is 1.70. The van der Waals surface area contributed by atoms with Crippen molar-refractivity contribution in [3.8, 4) is 0 Å². The van der Waals surface area contributed by atoms with Crippen LogP contribution in [0, 0.1) is 24.7 Å². The first kappa shape index (κ1) is 12.2. The van der Waals surface area contributed by atoms with Gasteiger partial charge in [-0.1, -0.05) is 6.92 Å². The molecule has 1 amide bonds. The van der Waals surface area contributed by atoms with Crippen molar-refractivity contribution in [3.05, 3.63) is 17.0 Å². The lowest BCUT2D eigenvalue weighted by Gasteiger charge is -2.18. The Morgan fingerprint density at radius 2 is 2.05 bits per heavy atom. The zero-order valence-corrected chi connectivity index (χ0v) is 11.0. The van der Waals surface area contributed by atoms with Crippen molar-refractivity contribution < 1.29 is 14.7 Å². The number of aromatic nitrogens is 2. The second kappa shape index (κ2) is 4.08. The van der Waals surface area contributed by atoms with E-state index < -0.39 is 5.97 Å². The van der Waals surface area contributed by atoms with Gasteiger partial charge in [-0.3, -0.25) is 14.7 Å². The van der Waals surface area contributed by atoms with Crippen LogP contribution in [0.1, 0.15) is 28.7 Å². The smallest absolute Gasteiger partial charge is 0.307 e. The number of aryl methyl sites for hydroxylation is 1. The summed E-state index contributed by atoms with van der Waals surface area (Å²) in [7, 11) is 0. The van der Waals surface area contributed by atoms with Crippen LogP contribution in [0.3, 0.4) is 0 Å². The summed E-state index contributed by atoms with van der Waals surface area (Å²) in [6.07, 6.45) is 0.818. The van der Waals surface area contributed by atoms with E-state index in [2.05, 4.69) is 10.2 Å². The molecular formula is C13H17N3O3. The number of rotatable bonds is 3. The van der Waals surface area contributed by atoms with Crippen molar-refractivity contribution in [1.82, 2.24) is 15.1 Å². The summed E-state index contributed by atoms with van der Waals surface area (Å²) in [5.74, 6) is -0.760. The summed E-state index contributed by atoms with van der Waals surface area (Å²) < 4.78 is 0. The molecule has 2 fully saturated rings. The standard InChI is InChI=1S/C13H17N3O3/c1-3-9-6(2)11(15-14-9)12(17)16-4-7-8(5-16)10(7)13(18)19/h7-8,10H,3-5H2,1-2H3,(H,14,15)(H,18,19)/t7-,8+,10?. The third-order valence-electron chi connectivity index (χ3n) is 4.43. The largest absolute Gasteiger partial charge is 0.481 e. The molecule has 6 heteroatoms. The lowest BCUT2D eigenvalue weighted by molar-refractivity contribution is -0.139. The fraction of sp³-hybridized carbons (Fsp3) is 0.615. The van der Waals surface area contributed by atoms with E-state index in [-0.39, 0.29) is 23.7 Å². The quantitative estimate of drug-likeness (QED) is 0.839. The molecular weight excluding hydrogens is 246 g/mol. The van der Waals surface area contributed by atoms with Crippen molar-refractivity contribution in [2.24, 2.45) is 17.8 Å². The molecule has 19 heavy (non-hydrogen) atoms. The van der Waals surface area contributed by atoms with Gasteiger partial charge in [0, 0.05) is 24.3 Å². The van der Waals surface area contributed by atoms with Crippen LogP contribution >= 0.6 is 0 Å². The van der Waals surface area contributed by atoms with Gasteiger partial charge in [0.2, 0.25) is 0 Å². The number of likely N-dealkylation sites (tertiary alicyclic amines) is 1. The van der Waals surface area contributed by atoms with E-state index in [1.807, 2.05) is 13.8 Å². The minimum absolute atomic E-state index is 0.0789. The zero-order valence-electron chi connectivity index (χ0n) is 11.0. The summed E-state index contributed by atoms with van der Waals surface area (Å²) in [6.45, 7) is 5.01. The van der Waals surface area contributed by atoms with Crippen molar-refractivity contribution >= 4 is 11.9 Å². The predicted molar refractivity (Wildman–Crippen MR) is 66.7 cm³/mol. The van der Waals surface area contributed by atoms with Gasteiger partial charge in [0.05, 0.1) is 5.92 Å². The van der Waals surface area contributed by atoms with Crippen molar-refractivity contribution in [1.29, 1.82) is 0 Å². The van der Waals surface area contributed by atoms with Crippen LogP contribution in [0.2, 0.25) is 0 Å². The number of aromatic amines is 1. The molecule has 1 unspecified atom stereocenters. The van der Waals surface area contributed by atoms with Gasteiger partial charge in [-0.2, -0.15) is 5.10 Å². The molecule has 0 radical (unpaired) electrons. The van der Waals surface area contributed by atoms with Crippen molar-refractivity contribution in [2.45, 2.75) is 20.3 Å². The molecule has 0 aromatic carbocycles. The van der Waals surface area contributed by atoms with Gasteiger partial charge in [0.1, 0.15) is 0 Å². The summed E-state index contributed by atoms with van der Waals surface area (Å²) in [4.78, 5) is 25.0. The molecule has 2 heterocycles. The van der Waals surface area contributed by atoms with Gasteiger partial charge in [0.25, 0.3) is 5.91 Å². The van der Waals surface area contributed by atoms with Crippen LogP contribution in [0.5, 0.6) is 0 Å². The minimum atomic E-state index is -0.730. The van der Waals surface area contributed by atoms with E-state index in [1.165, 1.54) is 0 Å². The Hall–Kier alpha value is -1.85. The molecule has 3 atom stereocenters. The number of hydrogen-bond donors (Lipinski definition) is 2. The number of carboxylic acid groups (broad SMARTS) is 1. The SMILES string of the molecule is CCc1[nH]nc(C(=O)N2C[C@@H]3C(C(=O)O)[C@@H]3C2)c1C. The predicted octanol–water partition coefficient (Wildman–Crippen LogP) is 0.683. The number of nitrogens with zero attached hydrogens (tertiary/aromatic N) is 2. The van der Waals surface area contributed by atoms with Crippen LogP contribution in [-0.4, -0.2) is 45.2 Å². The lowest BCUT2D eigenvalue weighted by Crippen LogP contribution is -2.33. The average molecular weight is 263 g/mol. The van der Waals surface area contributed by atoms with Crippen LogP contribution in [0.4, 0.5) is 0 Å². The summed E-state index contributed by atoms with van der Waals surface area (Å²) in [5, 5.41) is 15.9. The number of aliphatic carboxylic acids is 1. The number of amides is 1. The molecule has 1 aliphatic heterocycles. The Morgan fingerprint density at radius 3 is 2.53 bits per heavy atom. The fourth-order valence-electron chi connectivity index (χ4n) is 3.19. The van der Waals surface area contributed by atoms with Crippen LogP contribution < -0.4 is 0 Å². The van der Waals surface area contributed by atoms with E-state index in [0.717, 1.165) is 17.7 Å². The minimum Gasteiger partial charge on any atom is -0.481 e. The number of carboxylic acids is 1.